The minimum absolute atomic E-state index is 0.0163. The topological polar surface area (TPSA) is 445 Å². The van der Waals surface area contributed by atoms with E-state index in [0.717, 1.165) is 4.90 Å². The third-order valence-electron chi connectivity index (χ3n) is 12.2. The summed E-state index contributed by atoms with van der Waals surface area (Å²) in [6, 6.07) is -8.03. The maximum Gasteiger partial charge on any atom is 0.326 e. The molecule has 0 bridgehead atoms. The third-order valence-corrected chi connectivity index (χ3v) is 12.2. The molecule has 1 aliphatic heterocycles. The average molecular weight is 1060 g/mol. The molecule has 0 aliphatic carbocycles. The molecule has 0 radical (unpaired) electrons. The molecule has 10 atom stereocenters. The van der Waals surface area contributed by atoms with Crippen LogP contribution in [0.15, 0.2) is 24.3 Å². The fraction of sp³-hybridized carbons (Fsp3) is 0.625. The van der Waals surface area contributed by atoms with Crippen molar-refractivity contribution in [2.45, 2.75) is 160 Å². The lowest BCUT2D eigenvalue weighted by Crippen LogP contribution is -2.61. The van der Waals surface area contributed by atoms with E-state index in [4.69, 9.17) is 11.5 Å². The average Bonchev–Trinajstić information content (AvgIpc) is 3.82. The summed E-state index contributed by atoms with van der Waals surface area (Å²) in [5.41, 5.74) is 11.5. The van der Waals surface area contributed by atoms with Crippen molar-refractivity contribution in [3.05, 3.63) is 29.8 Å². The Morgan fingerprint density at radius 2 is 1.13 bits per heavy atom. The summed E-state index contributed by atoms with van der Waals surface area (Å²) in [5.74, 6) is -14.3. The molecule has 0 spiro atoms. The van der Waals surface area contributed by atoms with Gasteiger partial charge in [0.05, 0.1) is 25.5 Å². The lowest BCUT2D eigenvalue weighted by Gasteiger charge is -2.31. The largest absolute Gasteiger partial charge is 0.508 e. The summed E-state index contributed by atoms with van der Waals surface area (Å²) < 4.78 is 0. The van der Waals surface area contributed by atoms with Gasteiger partial charge in [0, 0.05) is 19.4 Å². The molecule has 75 heavy (non-hydrogen) atoms. The van der Waals surface area contributed by atoms with Gasteiger partial charge in [0.1, 0.15) is 54.1 Å². The van der Waals surface area contributed by atoms with Crippen LogP contribution >= 0.6 is 0 Å². The molecule has 418 valence electrons. The Morgan fingerprint density at radius 1 is 0.640 bits per heavy atom. The molecular formula is C48H74N10O17. The molecule has 2 rings (SSSR count). The number of carboxylic acids is 3. The Bertz CT molecular complexity index is 2210. The number of aromatic hydroxyl groups is 1. The van der Waals surface area contributed by atoms with E-state index in [2.05, 4.69) is 37.2 Å². The summed E-state index contributed by atoms with van der Waals surface area (Å²) in [5, 5.41) is 65.5. The number of carbonyl (C=O) groups excluding carboxylic acids is 9. The van der Waals surface area contributed by atoms with Crippen molar-refractivity contribution in [1.82, 2.24) is 42.1 Å². The highest BCUT2D eigenvalue weighted by atomic mass is 16.4. The summed E-state index contributed by atoms with van der Waals surface area (Å²) >= 11 is 0. The zero-order chi connectivity index (χ0) is 56.9. The summed E-state index contributed by atoms with van der Waals surface area (Å²) in [7, 11) is 0. The van der Waals surface area contributed by atoms with E-state index >= 15 is 0 Å². The van der Waals surface area contributed by atoms with Crippen LogP contribution in [0.5, 0.6) is 5.75 Å². The van der Waals surface area contributed by atoms with Gasteiger partial charge in [-0.1, -0.05) is 60.1 Å². The van der Waals surface area contributed by atoms with E-state index < -0.39 is 164 Å². The van der Waals surface area contributed by atoms with Gasteiger partial charge in [-0.25, -0.2) is 4.79 Å². The standard InChI is InChI=1S/C48H74N10O17/c1-7-25(6)39(48(74)75)57-41(67)29(14-15-37(62)63)51-45(71)34(22-59)56-43(69)31(18-24(4)5)53-44(70)32(21-38(64)65)54-46(72)35-9-8-16-58(35)47(73)33(19-26-10-12-27(60)13-11-26)55-42(68)30(17-23(2)3)52-40(66)28(49)20-36(50)61/h10-13,23-25,28-35,39,59-60H,7-9,14-22,49H2,1-6H3,(H2,50,61)(H,51,71)(H,52,66)(H,53,70)(H,54,72)(H,55,68)(H,56,69)(H,57,67)(H,62,63)(H,64,65)(H,74,75)/t25-,28-,29-,30-,31-,32-,33-,34-,35-,39-/m0/s1. The van der Waals surface area contributed by atoms with Crippen LogP contribution in [0, 0.1) is 17.8 Å². The van der Waals surface area contributed by atoms with Crippen molar-refractivity contribution < 1.29 is 83.1 Å². The third kappa shape index (κ3) is 21.5. The number of carbonyl (C=O) groups is 12. The van der Waals surface area contributed by atoms with Crippen molar-refractivity contribution in [2.24, 2.45) is 29.2 Å². The number of nitrogens with two attached hydrogens (primary N) is 2. The Labute approximate surface area is 433 Å². The molecule has 1 fully saturated rings. The molecule has 0 saturated carbocycles. The molecule has 1 aromatic rings. The van der Waals surface area contributed by atoms with Crippen LogP contribution in [0.3, 0.4) is 0 Å². The van der Waals surface area contributed by atoms with Gasteiger partial charge in [0.25, 0.3) is 0 Å². The highest BCUT2D eigenvalue weighted by molar-refractivity contribution is 5.99. The second-order valence-corrected chi connectivity index (χ2v) is 19.4. The monoisotopic (exact) mass is 1060 g/mol. The number of amides is 9. The number of benzene rings is 1. The first kappa shape index (κ1) is 63.7. The number of phenols is 1. The SMILES string of the molecule is CC[C@H](C)[C@H](NC(=O)[C@H](CCC(=O)O)NC(=O)[C@H](CO)NC(=O)[C@H](CC(C)C)NC(=O)[C@H](CC(=O)O)NC(=O)[C@@H]1CCCN1C(=O)[C@H](Cc1ccc(O)cc1)NC(=O)[C@H](CC(C)C)NC(=O)[C@@H](N)CC(N)=O)C(=O)O. The lowest BCUT2D eigenvalue weighted by molar-refractivity contribution is -0.144. The van der Waals surface area contributed by atoms with E-state index in [1.165, 1.54) is 24.3 Å². The van der Waals surface area contributed by atoms with E-state index in [0.29, 0.717) is 12.0 Å². The number of aliphatic carboxylic acids is 3. The molecule has 1 aliphatic rings. The maximum absolute atomic E-state index is 14.5. The van der Waals surface area contributed by atoms with E-state index in [1.807, 2.05) is 0 Å². The van der Waals surface area contributed by atoms with Crippen molar-refractivity contribution in [3.8, 4) is 5.75 Å². The van der Waals surface area contributed by atoms with Crippen LogP contribution in [0.25, 0.3) is 0 Å². The zero-order valence-electron chi connectivity index (χ0n) is 43.0. The molecule has 16 N–H and O–H groups in total. The number of aliphatic hydroxyl groups is 1. The first-order chi connectivity index (χ1) is 35.1. The molecule has 27 heteroatoms. The van der Waals surface area contributed by atoms with E-state index in [-0.39, 0.29) is 56.2 Å². The van der Waals surface area contributed by atoms with Crippen LogP contribution in [-0.4, -0.2) is 169 Å². The minimum Gasteiger partial charge on any atom is -0.508 e. The van der Waals surface area contributed by atoms with Crippen molar-refractivity contribution in [1.29, 1.82) is 0 Å². The summed E-state index contributed by atoms with van der Waals surface area (Å²) in [4.78, 5) is 158. The molecule has 27 nitrogen and oxygen atoms in total. The van der Waals surface area contributed by atoms with Gasteiger partial charge >= 0.3 is 17.9 Å². The first-order valence-corrected chi connectivity index (χ1v) is 24.6. The smallest absolute Gasteiger partial charge is 0.326 e. The molecule has 9 amide bonds. The molecular weight excluding hydrogens is 989 g/mol. The Kier molecular flexibility index (Phi) is 26.1. The van der Waals surface area contributed by atoms with Crippen LogP contribution in [-0.2, 0) is 64.0 Å². The van der Waals surface area contributed by atoms with Crippen LogP contribution in [0.4, 0.5) is 0 Å². The van der Waals surface area contributed by atoms with Gasteiger partial charge < -0.3 is 79.1 Å². The maximum atomic E-state index is 14.5. The van der Waals surface area contributed by atoms with Crippen LogP contribution in [0.2, 0.25) is 0 Å². The van der Waals surface area contributed by atoms with Crippen molar-refractivity contribution >= 4 is 71.1 Å². The highest BCUT2D eigenvalue weighted by Gasteiger charge is 2.41. The summed E-state index contributed by atoms with van der Waals surface area (Å²) in [6.45, 7) is 8.93. The quantitative estimate of drug-likeness (QED) is 0.0344. The molecule has 1 heterocycles. The summed E-state index contributed by atoms with van der Waals surface area (Å²) in [6.07, 6.45) is -2.40. The molecule has 1 saturated heterocycles. The predicted molar refractivity (Wildman–Crippen MR) is 264 cm³/mol. The number of primary amides is 1. The number of carboxylic acid groups (broad SMARTS) is 3. The van der Waals surface area contributed by atoms with Gasteiger partial charge in [-0.3, -0.25) is 52.7 Å². The Hall–Kier alpha value is -7.42. The number of phenolic OH excluding ortho intramolecular Hbond substituents is 1. The van der Waals surface area contributed by atoms with Gasteiger partial charge in [-0.05, 0) is 67.6 Å². The Balaban J connectivity index is 2.39. The van der Waals surface area contributed by atoms with E-state index in [1.54, 1.807) is 41.5 Å². The number of rotatable bonds is 32. The molecule has 0 unspecified atom stereocenters. The zero-order valence-corrected chi connectivity index (χ0v) is 43.0. The number of nitrogens with zero attached hydrogens (tertiary/aromatic N) is 1. The van der Waals surface area contributed by atoms with Crippen molar-refractivity contribution in [3.63, 3.8) is 0 Å². The number of hydrogen-bond acceptors (Lipinski definition) is 15. The van der Waals surface area contributed by atoms with Crippen LogP contribution in [0.1, 0.15) is 105 Å². The first-order valence-electron chi connectivity index (χ1n) is 24.6. The van der Waals surface area contributed by atoms with Gasteiger partial charge in [0.2, 0.25) is 53.2 Å². The number of aliphatic hydroxyl groups excluding tert-OH is 1. The predicted octanol–water partition coefficient (Wildman–Crippen LogP) is -2.92. The molecule has 1 aromatic carbocycles. The second-order valence-electron chi connectivity index (χ2n) is 19.4. The number of nitrogens with one attached hydrogen (secondary N) is 7. The van der Waals surface area contributed by atoms with Crippen molar-refractivity contribution in [2.75, 3.05) is 13.2 Å². The minimum atomic E-state index is -1.88. The van der Waals surface area contributed by atoms with Gasteiger partial charge in [0.15, 0.2) is 0 Å². The number of likely N-dealkylation sites (tertiary alicyclic amines) is 1. The lowest BCUT2D eigenvalue weighted by atomic mass is 9.98. The fourth-order valence-corrected chi connectivity index (χ4v) is 7.97. The fourth-order valence-electron chi connectivity index (χ4n) is 7.97. The van der Waals surface area contributed by atoms with Gasteiger partial charge in [-0.2, -0.15) is 0 Å². The van der Waals surface area contributed by atoms with E-state index in [9.17, 15) is 83.1 Å². The highest BCUT2D eigenvalue weighted by Crippen LogP contribution is 2.22. The normalized spacial score (nSPS) is 16.8. The van der Waals surface area contributed by atoms with Gasteiger partial charge in [-0.15, -0.1) is 0 Å². The molecule has 0 aromatic heterocycles. The Morgan fingerprint density at radius 3 is 1.63 bits per heavy atom. The number of hydrogen-bond donors (Lipinski definition) is 14. The second kappa shape index (κ2) is 30.7. The van der Waals surface area contributed by atoms with Crippen LogP contribution < -0.4 is 48.7 Å².